The molecule has 2 aromatic heterocycles. The van der Waals surface area contributed by atoms with Crippen molar-refractivity contribution in [1.29, 1.82) is 0 Å². The fraction of sp³-hybridized carbons (Fsp3) is 0.462. The summed E-state index contributed by atoms with van der Waals surface area (Å²) in [6, 6.07) is 6.23. The van der Waals surface area contributed by atoms with Gasteiger partial charge < -0.3 is 15.2 Å². The van der Waals surface area contributed by atoms with Crippen molar-refractivity contribution < 1.29 is 23.4 Å². The number of alkyl halides is 2. The Balaban J connectivity index is 1.60. The van der Waals surface area contributed by atoms with Crippen LogP contribution < -0.4 is 10.9 Å². The summed E-state index contributed by atoms with van der Waals surface area (Å²) in [5, 5.41) is 13.2. The third-order valence-electron chi connectivity index (χ3n) is 7.82. The summed E-state index contributed by atoms with van der Waals surface area (Å²) < 4.78 is 35.0. The van der Waals surface area contributed by atoms with E-state index in [-0.39, 0.29) is 28.7 Å². The van der Waals surface area contributed by atoms with Crippen molar-refractivity contribution in [2.75, 3.05) is 11.9 Å². The van der Waals surface area contributed by atoms with Crippen LogP contribution in [-0.2, 0) is 17.4 Å². The van der Waals surface area contributed by atoms with Crippen molar-refractivity contribution in [3.63, 3.8) is 0 Å². The van der Waals surface area contributed by atoms with E-state index in [9.17, 15) is 23.5 Å². The Hall–Kier alpha value is -3.11. The second kappa shape index (κ2) is 9.02. The Labute approximate surface area is 216 Å². The van der Waals surface area contributed by atoms with Gasteiger partial charge >= 0.3 is 5.97 Å². The van der Waals surface area contributed by atoms with Crippen molar-refractivity contribution in [3.8, 4) is 0 Å². The van der Waals surface area contributed by atoms with E-state index < -0.39 is 29.5 Å². The van der Waals surface area contributed by atoms with Crippen LogP contribution in [0.5, 0.6) is 0 Å². The van der Waals surface area contributed by atoms with Gasteiger partial charge in [-0.15, -0.1) is 0 Å². The molecule has 1 aliphatic carbocycles. The Kier molecular flexibility index (Phi) is 6.23. The molecule has 0 unspecified atom stereocenters. The number of ether oxygens (including phenoxy) is 1. The molecule has 2 saturated heterocycles. The third kappa shape index (κ3) is 4.16. The molecule has 3 aliphatic rings. The average molecular weight is 533 g/mol. The Morgan fingerprint density at radius 1 is 1.22 bits per heavy atom. The molecule has 2 aliphatic heterocycles. The van der Waals surface area contributed by atoms with Gasteiger partial charge in [0, 0.05) is 12.6 Å². The molecule has 6 rings (SSSR count). The molecule has 37 heavy (non-hydrogen) atoms. The summed E-state index contributed by atoms with van der Waals surface area (Å²) >= 11 is 5.89. The number of hydrogen-bond acceptors (Lipinski definition) is 6. The van der Waals surface area contributed by atoms with Crippen molar-refractivity contribution in [1.82, 2.24) is 14.5 Å². The zero-order chi connectivity index (χ0) is 26.7. The molecule has 0 radical (unpaired) electrons. The van der Waals surface area contributed by atoms with Gasteiger partial charge in [-0.1, -0.05) is 17.7 Å². The molecular formula is C26H27ClF2N4O4. The quantitative estimate of drug-likeness (QED) is 0.419. The van der Waals surface area contributed by atoms with Gasteiger partial charge in [0.1, 0.15) is 16.6 Å². The monoisotopic (exact) mass is 532 g/mol. The highest BCUT2D eigenvalue weighted by molar-refractivity contribution is 6.29. The molecular weight excluding hydrogens is 506 g/mol. The summed E-state index contributed by atoms with van der Waals surface area (Å²) in [6.45, 7) is 3.63. The Morgan fingerprint density at radius 3 is 2.51 bits per heavy atom. The molecule has 1 atom stereocenters. The number of carboxylic acid groups (broad SMARTS) is 1. The first-order valence-electron chi connectivity index (χ1n) is 12.1. The van der Waals surface area contributed by atoms with Gasteiger partial charge in [-0.05, 0) is 63.3 Å². The topological polar surface area (TPSA) is 106 Å². The number of carboxylic acids is 1. The second-order valence-corrected chi connectivity index (χ2v) is 10.6. The average Bonchev–Trinajstić information content (AvgIpc) is 2.87. The number of hydrogen-bond donors (Lipinski definition) is 2. The molecule has 2 bridgehead atoms. The van der Waals surface area contributed by atoms with Gasteiger partial charge in [0.2, 0.25) is 6.43 Å². The highest BCUT2D eigenvalue weighted by atomic mass is 35.5. The van der Waals surface area contributed by atoms with Crippen molar-refractivity contribution in [2.45, 2.75) is 57.6 Å². The SMILES string of the molecule is Cc1cc([C@@H](C)Nc2ccc(Cl)nc2C(=O)O)c2nc(C34CCC(C(F)F)(CC3)CO4)n(C)c(=O)c2c1. The first-order valence-corrected chi connectivity index (χ1v) is 12.4. The summed E-state index contributed by atoms with van der Waals surface area (Å²) in [7, 11) is 1.63. The smallest absolute Gasteiger partial charge is 0.356 e. The number of pyridine rings is 1. The maximum Gasteiger partial charge on any atom is 0.356 e. The van der Waals surface area contributed by atoms with E-state index >= 15 is 0 Å². The first-order chi connectivity index (χ1) is 17.5. The number of nitrogens with zero attached hydrogens (tertiary/aromatic N) is 3. The van der Waals surface area contributed by atoms with E-state index in [1.165, 1.54) is 16.7 Å². The maximum absolute atomic E-state index is 13.7. The van der Waals surface area contributed by atoms with Crippen LogP contribution in [0.25, 0.3) is 10.9 Å². The molecule has 8 nitrogen and oxygen atoms in total. The summed E-state index contributed by atoms with van der Waals surface area (Å²) in [5.74, 6) is -0.810. The number of aromatic nitrogens is 3. The van der Waals surface area contributed by atoms with Gasteiger partial charge in [0.15, 0.2) is 5.69 Å². The van der Waals surface area contributed by atoms with Crippen molar-refractivity contribution in [2.24, 2.45) is 12.5 Å². The minimum absolute atomic E-state index is 0.0569. The van der Waals surface area contributed by atoms with Crippen LogP contribution in [0.4, 0.5) is 14.5 Å². The van der Waals surface area contributed by atoms with Crippen LogP contribution in [0.2, 0.25) is 5.15 Å². The fourth-order valence-electron chi connectivity index (χ4n) is 5.61. The zero-order valence-corrected chi connectivity index (χ0v) is 21.4. The van der Waals surface area contributed by atoms with Crippen LogP contribution in [0, 0.1) is 12.3 Å². The van der Waals surface area contributed by atoms with E-state index in [2.05, 4.69) is 10.3 Å². The zero-order valence-electron chi connectivity index (χ0n) is 20.6. The molecule has 3 fully saturated rings. The third-order valence-corrected chi connectivity index (χ3v) is 8.03. The molecule has 1 aromatic carbocycles. The largest absolute Gasteiger partial charge is 0.476 e. The van der Waals surface area contributed by atoms with E-state index in [0.717, 1.165) is 5.56 Å². The lowest BCUT2D eigenvalue weighted by atomic mass is 9.66. The lowest BCUT2D eigenvalue weighted by molar-refractivity contribution is -0.229. The summed E-state index contributed by atoms with van der Waals surface area (Å²) in [5.41, 5.74) is -0.275. The van der Waals surface area contributed by atoms with E-state index in [1.54, 1.807) is 13.1 Å². The first kappa shape index (κ1) is 25.5. The molecule has 0 spiro atoms. The lowest BCUT2D eigenvalue weighted by Crippen LogP contribution is -2.54. The number of fused-ring (bicyclic) bond motifs is 4. The number of rotatable bonds is 6. The van der Waals surface area contributed by atoms with Gasteiger partial charge in [0.25, 0.3) is 5.56 Å². The van der Waals surface area contributed by atoms with Gasteiger partial charge in [0.05, 0.1) is 34.7 Å². The highest BCUT2D eigenvalue weighted by Crippen LogP contribution is 2.55. The Morgan fingerprint density at radius 2 is 1.92 bits per heavy atom. The molecule has 0 amide bonds. The minimum atomic E-state index is -2.46. The fourth-order valence-corrected chi connectivity index (χ4v) is 5.75. The number of halogens is 3. The molecule has 4 heterocycles. The minimum Gasteiger partial charge on any atom is -0.476 e. The van der Waals surface area contributed by atoms with E-state index in [0.29, 0.717) is 48.0 Å². The number of aromatic carboxylic acids is 1. The molecule has 2 N–H and O–H groups in total. The van der Waals surface area contributed by atoms with Crippen molar-refractivity contribution >= 4 is 34.2 Å². The van der Waals surface area contributed by atoms with Gasteiger partial charge in [-0.2, -0.15) is 0 Å². The van der Waals surface area contributed by atoms with Gasteiger partial charge in [-0.3, -0.25) is 9.36 Å². The number of benzene rings is 1. The highest BCUT2D eigenvalue weighted by Gasteiger charge is 2.56. The second-order valence-electron chi connectivity index (χ2n) is 10.2. The van der Waals surface area contributed by atoms with Gasteiger partial charge in [-0.25, -0.2) is 23.5 Å². The van der Waals surface area contributed by atoms with Crippen LogP contribution in [0.15, 0.2) is 29.1 Å². The standard InChI is InChI=1S/C26H27ClF2N4O4/c1-13-10-15(14(2)30-17-4-5-18(27)31-20(17)22(35)36)19-16(11-13)21(34)33(3)24(32-19)26-8-6-25(7-9-26,12-37-26)23(28)29/h4-5,10-11,14,23,30H,6-9,12H2,1-3H3,(H,35,36)/t14-,25?,26?/m1/s1. The molecule has 196 valence electrons. The Bertz CT molecular complexity index is 1450. The summed E-state index contributed by atoms with van der Waals surface area (Å²) in [4.78, 5) is 34.1. The van der Waals surface area contributed by atoms with Crippen LogP contribution >= 0.6 is 11.6 Å². The van der Waals surface area contributed by atoms with Crippen LogP contribution in [0.1, 0.15) is 66.1 Å². The summed E-state index contributed by atoms with van der Waals surface area (Å²) in [6.07, 6.45) is -1.14. The number of nitrogens with one attached hydrogen (secondary N) is 1. The van der Waals surface area contributed by atoms with E-state index in [1.807, 2.05) is 19.9 Å². The van der Waals surface area contributed by atoms with Crippen LogP contribution in [0.3, 0.4) is 0 Å². The lowest BCUT2D eigenvalue weighted by Gasteiger charge is -2.52. The molecule has 11 heteroatoms. The molecule has 1 saturated carbocycles. The van der Waals surface area contributed by atoms with E-state index in [4.69, 9.17) is 21.3 Å². The number of anilines is 1. The number of carbonyl (C=O) groups is 1. The number of aryl methyl sites for hydroxylation is 1. The molecule has 3 aromatic rings. The van der Waals surface area contributed by atoms with Crippen molar-refractivity contribution in [3.05, 3.63) is 62.4 Å². The normalized spacial score (nSPS) is 24.0. The maximum atomic E-state index is 13.7. The predicted molar refractivity (Wildman–Crippen MR) is 134 cm³/mol. The van der Waals surface area contributed by atoms with Crippen LogP contribution in [-0.4, -0.2) is 38.6 Å². The predicted octanol–water partition coefficient (Wildman–Crippen LogP) is 5.21.